The van der Waals surface area contributed by atoms with Gasteiger partial charge in [-0.25, -0.2) is 0 Å². The summed E-state index contributed by atoms with van der Waals surface area (Å²) in [7, 11) is 0. The van der Waals surface area contributed by atoms with Crippen molar-refractivity contribution in [2.24, 2.45) is 0 Å². The number of piperidine rings is 1. The number of aromatic nitrogens is 3. The molecule has 1 fully saturated rings. The van der Waals surface area contributed by atoms with Crippen molar-refractivity contribution in [1.29, 1.82) is 0 Å². The molecule has 0 radical (unpaired) electrons. The monoisotopic (exact) mass is 300 g/mol. The Morgan fingerprint density at radius 2 is 2.27 bits per heavy atom. The van der Waals surface area contributed by atoms with Crippen LogP contribution in [0, 0.1) is 13.8 Å². The molecule has 3 heterocycles. The Hall–Kier alpha value is -2.24. The number of hydrogen-bond donors (Lipinski definition) is 0. The number of likely N-dealkylation sites (tertiary alicyclic amines) is 1. The second kappa shape index (κ2) is 6.25. The smallest absolute Gasteiger partial charge is 0.227 e. The molecular formula is C16H20N4O2. The second-order valence-corrected chi connectivity index (χ2v) is 5.79. The van der Waals surface area contributed by atoms with Crippen LogP contribution in [0.2, 0.25) is 0 Å². The Bertz CT molecular complexity index is 634. The zero-order valence-electron chi connectivity index (χ0n) is 13.0. The van der Waals surface area contributed by atoms with Crippen LogP contribution in [-0.2, 0) is 11.2 Å². The number of amides is 1. The van der Waals surface area contributed by atoms with E-state index in [0.717, 1.165) is 42.1 Å². The lowest BCUT2D eigenvalue weighted by Crippen LogP contribution is -2.40. The fraction of sp³-hybridized carbons (Fsp3) is 0.500. The van der Waals surface area contributed by atoms with Crippen molar-refractivity contribution in [2.75, 3.05) is 13.1 Å². The summed E-state index contributed by atoms with van der Waals surface area (Å²) in [5.41, 5.74) is 2.68. The van der Waals surface area contributed by atoms with Gasteiger partial charge in [-0.2, -0.15) is 0 Å². The van der Waals surface area contributed by atoms with E-state index in [1.807, 2.05) is 18.7 Å². The first-order valence-electron chi connectivity index (χ1n) is 7.60. The maximum atomic E-state index is 12.6. The highest BCUT2D eigenvalue weighted by molar-refractivity contribution is 5.79. The first kappa shape index (κ1) is 14.7. The van der Waals surface area contributed by atoms with Gasteiger partial charge in [-0.05, 0) is 26.7 Å². The molecule has 1 saturated heterocycles. The van der Waals surface area contributed by atoms with Crippen molar-refractivity contribution in [1.82, 2.24) is 20.0 Å². The van der Waals surface area contributed by atoms with Gasteiger partial charge in [0.15, 0.2) is 0 Å². The molecule has 6 nitrogen and oxygen atoms in total. The SMILES string of the molecule is Cc1noc(C)c1CC(=O)N1CCC[C@@H](c2cnccn2)C1. The van der Waals surface area contributed by atoms with Crippen molar-refractivity contribution in [3.8, 4) is 0 Å². The van der Waals surface area contributed by atoms with Gasteiger partial charge in [-0.1, -0.05) is 5.16 Å². The molecule has 0 unspecified atom stereocenters. The minimum atomic E-state index is 0.128. The minimum Gasteiger partial charge on any atom is -0.361 e. The zero-order chi connectivity index (χ0) is 15.5. The summed E-state index contributed by atoms with van der Waals surface area (Å²) in [6.07, 6.45) is 7.58. The quantitative estimate of drug-likeness (QED) is 0.867. The molecule has 0 N–H and O–H groups in total. The summed E-state index contributed by atoms with van der Waals surface area (Å²) in [4.78, 5) is 23.0. The van der Waals surface area contributed by atoms with Crippen LogP contribution in [-0.4, -0.2) is 39.0 Å². The van der Waals surface area contributed by atoms with Crippen LogP contribution in [0.1, 0.15) is 41.5 Å². The van der Waals surface area contributed by atoms with E-state index in [-0.39, 0.29) is 11.8 Å². The van der Waals surface area contributed by atoms with Gasteiger partial charge >= 0.3 is 0 Å². The highest BCUT2D eigenvalue weighted by atomic mass is 16.5. The lowest BCUT2D eigenvalue weighted by Gasteiger charge is -2.32. The molecule has 1 atom stereocenters. The summed E-state index contributed by atoms with van der Waals surface area (Å²) < 4.78 is 5.13. The number of hydrogen-bond acceptors (Lipinski definition) is 5. The number of carbonyl (C=O) groups is 1. The molecule has 1 amide bonds. The van der Waals surface area contributed by atoms with Crippen LogP contribution in [0.4, 0.5) is 0 Å². The summed E-state index contributed by atoms with van der Waals surface area (Å²) in [5.74, 6) is 1.13. The van der Waals surface area contributed by atoms with Crippen LogP contribution in [0.15, 0.2) is 23.1 Å². The van der Waals surface area contributed by atoms with Crippen molar-refractivity contribution in [2.45, 2.75) is 39.0 Å². The molecular weight excluding hydrogens is 280 g/mol. The van der Waals surface area contributed by atoms with Gasteiger partial charge in [-0.3, -0.25) is 14.8 Å². The van der Waals surface area contributed by atoms with Crippen molar-refractivity contribution >= 4 is 5.91 Å². The van der Waals surface area contributed by atoms with Gasteiger partial charge in [0.05, 0.1) is 17.8 Å². The Morgan fingerprint density at radius 1 is 1.41 bits per heavy atom. The third-order valence-electron chi connectivity index (χ3n) is 4.28. The largest absolute Gasteiger partial charge is 0.361 e. The molecule has 116 valence electrons. The summed E-state index contributed by atoms with van der Waals surface area (Å²) in [5, 5.41) is 3.91. The van der Waals surface area contributed by atoms with Gasteiger partial charge in [0, 0.05) is 43.2 Å². The van der Waals surface area contributed by atoms with E-state index in [2.05, 4.69) is 15.1 Å². The Balaban J connectivity index is 1.68. The highest BCUT2D eigenvalue weighted by Gasteiger charge is 2.26. The van der Waals surface area contributed by atoms with Crippen molar-refractivity contribution in [3.63, 3.8) is 0 Å². The van der Waals surface area contributed by atoms with E-state index < -0.39 is 0 Å². The Labute approximate surface area is 129 Å². The van der Waals surface area contributed by atoms with E-state index >= 15 is 0 Å². The molecule has 0 aliphatic carbocycles. The standard InChI is InChI=1S/C16H20N4O2/c1-11-14(12(2)22-19-11)8-16(21)20-7-3-4-13(10-20)15-9-17-5-6-18-15/h5-6,9,13H,3-4,7-8,10H2,1-2H3/t13-/m1/s1. The zero-order valence-corrected chi connectivity index (χ0v) is 13.0. The van der Waals surface area contributed by atoms with E-state index in [0.29, 0.717) is 13.0 Å². The van der Waals surface area contributed by atoms with Gasteiger partial charge in [0.1, 0.15) is 5.76 Å². The van der Waals surface area contributed by atoms with Crippen LogP contribution < -0.4 is 0 Å². The van der Waals surface area contributed by atoms with Crippen LogP contribution in [0.5, 0.6) is 0 Å². The van der Waals surface area contributed by atoms with E-state index in [1.165, 1.54) is 0 Å². The predicted molar refractivity (Wildman–Crippen MR) is 80.3 cm³/mol. The maximum absolute atomic E-state index is 12.6. The number of nitrogens with zero attached hydrogens (tertiary/aromatic N) is 4. The van der Waals surface area contributed by atoms with Crippen LogP contribution >= 0.6 is 0 Å². The van der Waals surface area contributed by atoms with E-state index in [4.69, 9.17) is 4.52 Å². The molecule has 0 aromatic carbocycles. The van der Waals surface area contributed by atoms with E-state index in [1.54, 1.807) is 18.6 Å². The summed E-state index contributed by atoms with van der Waals surface area (Å²) in [6, 6.07) is 0. The molecule has 1 aliphatic rings. The number of aryl methyl sites for hydroxylation is 2. The van der Waals surface area contributed by atoms with Crippen molar-refractivity contribution in [3.05, 3.63) is 41.3 Å². The van der Waals surface area contributed by atoms with Gasteiger partial charge in [-0.15, -0.1) is 0 Å². The van der Waals surface area contributed by atoms with Crippen molar-refractivity contribution < 1.29 is 9.32 Å². The molecule has 0 bridgehead atoms. The maximum Gasteiger partial charge on any atom is 0.227 e. The highest BCUT2D eigenvalue weighted by Crippen LogP contribution is 2.25. The average molecular weight is 300 g/mol. The normalized spacial score (nSPS) is 18.5. The average Bonchev–Trinajstić information content (AvgIpc) is 2.88. The molecule has 2 aromatic rings. The first-order valence-corrected chi connectivity index (χ1v) is 7.60. The first-order chi connectivity index (χ1) is 10.6. The van der Waals surface area contributed by atoms with E-state index in [9.17, 15) is 4.79 Å². The second-order valence-electron chi connectivity index (χ2n) is 5.79. The third kappa shape index (κ3) is 3.00. The molecule has 6 heteroatoms. The van der Waals surface area contributed by atoms with Crippen LogP contribution in [0.3, 0.4) is 0 Å². The fourth-order valence-corrected chi connectivity index (χ4v) is 2.98. The minimum absolute atomic E-state index is 0.128. The lowest BCUT2D eigenvalue weighted by atomic mass is 9.94. The number of carbonyl (C=O) groups excluding carboxylic acids is 1. The molecule has 1 aliphatic heterocycles. The van der Waals surface area contributed by atoms with Gasteiger partial charge in [0.2, 0.25) is 5.91 Å². The molecule has 2 aromatic heterocycles. The molecule has 0 spiro atoms. The number of rotatable bonds is 3. The molecule has 22 heavy (non-hydrogen) atoms. The predicted octanol–water partition coefficient (Wildman–Crippen LogP) is 2.03. The van der Waals surface area contributed by atoms with Crippen LogP contribution in [0.25, 0.3) is 0 Å². The summed E-state index contributed by atoms with van der Waals surface area (Å²) >= 11 is 0. The Morgan fingerprint density at radius 3 is 2.95 bits per heavy atom. The third-order valence-corrected chi connectivity index (χ3v) is 4.28. The fourth-order valence-electron chi connectivity index (χ4n) is 2.98. The lowest BCUT2D eigenvalue weighted by molar-refractivity contribution is -0.131. The topological polar surface area (TPSA) is 72.1 Å². The Kier molecular flexibility index (Phi) is 4.18. The van der Waals surface area contributed by atoms with Gasteiger partial charge in [0.25, 0.3) is 0 Å². The molecule has 3 rings (SSSR count). The molecule has 0 saturated carbocycles. The van der Waals surface area contributed by atoms with Gasteiger partial charge < -0.3 is 9.42 Å². The summed E-state index contributed by atoms with van der Waals surface area (Å²) in [6.45, 7) is 5.23.